The van der Waals surface area contributed by atoms with Gasteiger partial charge in [0.2, 0.25) is 0 Å². The van der Waals surface area contributed by atoms with Crippen molar-refractivity contribution >= 4 is 5.97 Å². The van der Waals surface area contributed by atoms with Crippen molar-refractivity contribution in [2.24, 2.45) is 0 Å². The van der Waals surface area contributed by atoms with Crippen LogP contribution in [0.1, 0.15) is 107 Å². The minimum atomic E-state index is -0.887. The second-order valence-corrected chi connectivity index (χ2v) is 8.84. The fraction of sp³-hybridized carbons (Fsp3) is 0.552. The lowest BCUT2D eigenvalue weighted by Crippen LogP contribution is -2.00. The van der Waals surface area contributed by atoms with Gasteiger partial charge in [0.05, 0.1) is 12.2 Å². The van der Waals surface area contributed by atoms with Gasteiger partial charge in [0.15, 0.2) is 0 Å². The molecule has 0 bridgehead atoms. The Bertz CT molecular complexity index is 779. The number of hydrogen-bond donors (Lipinski definition) is 1. The first-order chi connectivity index (χ1) is 15.7. The van der Waals surface area contributed by atoms with E-state index in [1.54, 1.807) is 12.1 Å². The van der Waals surface area contributed by atoms with E-state index in [9.17, 15) is 9.90 Å². The zero-order valence-corrected chi connectivity index (χ0v) is 20.2. The quantitative estimate of drug-likeness (QED) is 0.251. The van der Waals surface area contributed by atoms with Crippen LogP contribution in [0.5, 0.6) is 5.75 Å². The second kappa shape index (κ2) is 15.5. The molecular formula is C29H42O3. The number of benzene rings is 2. The molecule has 0 amide bonds. The Morgan fingerprint density at radius 2 is 1.34 bits per heavy atom. The molecule has 0 aliphatic rings. The fourth-order valence-corrected chi connectivity index (χ4v) is 4.11. The average Bonchev–Trinajstić information content (AvgIpc) is 2.81. The summed E-state index contributed by atoms with van der Waals surface area (Å²) < 4.78 is 6.08. The lowest BCUT2D eigenvalue weighted by atomic mass is 9.94. The van der Waals surface area contributed by atoms with E-state index in [0.29, 0.717) is 5.56 Å². The van der Waals surface area contributed by atoms with Crippen LogP contribution in [-0.2, 0) is 6.42 Å². The summed E-state index contributed by atoms with van der Waals surface area (Å²) >= 11 is 0. The summed E-state index contributed by atoms with van der Waals surface area (Å²) in [5.74, 6) is 0.0627. The summed E-state index contributed by atoms with van der Waals surface area (Å²) in [6.07, 6.45) is 16.2. The van der Waals surface area contributed by atoms with E-state index < -0.39 is 5.97 Å². The maximum absolute atomic E-state index is 11.2. The molecule has 2 aromatic rings. The summed E-state index contributed by atoms with van der Waals surface area (Å²) in [6.45, 7) is 5.27. The molecule has 0 aliphatic heterocycles. The first kappa shape index (κ1) is 26.0. The third kappa shape index (κ3) is 9.46. The SMILES string of the molecule is CCCCCCCCOc1ccc(-c2ccc(C(=O)O)cc2)c(CCCCCCCC)c1. The number of rotatable bonds is 17. The Morgan fingerprint density at radius 3 is 1.97 bits per heavy atom. The Balaban J connectivity index is 2.01. The molecule has 0 spiro atoms. The van der Waals surface area contributed by atoms with Gasteiger partial charge < -0.3 is 9.84 Å². The van der Waals surface area contributed by atoms with Gasteiger partial charge >= 0.3 is 5.97 Å². The van der Waals surface area contributed by atoms with Crippen LogP contribution in [0.25, 0.3) is 11.1 Å². The maximum atomic E-state index is 11.2. The van der Waals surface area contributed by atoms with Crippen LogP contribution >= 0.6 is 0 Å². The molecule has 0 fully saturated rings. The van der Waals surface area contributed by atoms with Crippen molar-refractivity contribution < 1.29 is 14.6 Å². The highest BCUT2D eigenvalue weighted by Gasteiger charge is 2.09. The van der Waals surface area contributed by atoms with Gasteiger partial charge in [-0.25, -0.2) is 4.79 Å². The fourth-order valence-electron chi connectivity index (χ4n) is 4.11. The largest absolute Gasteiger partial charge is 0.494 e. The van der Waals surface area contributed by atoms with Crippen LogP contribution in [0.15, 0.2) is 42.5 Å². The third-order valence-corrected chi connectivity index (χ3v) is 6.09. The van der Waals surface area contributed by atoms with E-state index in [2.05, 4.69) is 32.0 Å². The summed E-state index contributed by atoms with van der Waals surface area (Å²) in [5.41, 5.74) is 3.87. The van der Waals surface area contributed by atoms with Crippen LogP contribution in [-0.4, -0.2) is 17.7 Å². The van der Waals surface area contributed by atoms with Gasteiger partial charge in [0.1, 0.15) is 5.75 Å². The van der Waals surface area contributed by atoms with Crippen molar-refractivity contribution in [3.8, 4) is 16.9 Å². The molecular weight excluding hydrogens is 396 g/mol. The minimum Gasteiger partial charge on any atom is -0.494 e. The van der Waals surface area contributed by atoms with Crippen molar-refractivity contribution in [2.75, 3.05) is 6.61 Å². The Labute approximate surface area is 195 Å². The molecule has 176 valence electrons. The van der Waals surface area contributed by atoms with Gasteiger partial charge in [-0.05, 0) is 60.2 Å². The zero-order valence-electron chi connectivity index (χ0n) is 20.2. The van der Waals surface area contributed by atoms with Crippen molar-refractivity contribution in [1.82, 2.24) is 0 Å². The van der Waals surface area contributed by atoms with Crippen LogP contribution in [0, 0.1) is 0 Å². The first-order valence-electron chi connectivity index (χ1n) is 12.7. The van der Waals surface area contributed by atoms with E-state index in [1.807, 2.05) is 12.1 Å². The molecule has 2 rings (SSSR count). The molecule has 3 nitrogen and oxygen atoms in total. The smallest absolute Gasteiger partial charge is 0.335 e. The summed E-state index contributed by atoms with van der Waals surface area (Å²) in [4.78, 5) is 11.2. The van der Waals surface area contributed by atoms with E-state index in [4.69, 9.17) is 4.74 Å². The van der Waals surface area contributed by atoms with Crippen LogP contribution in [0.3, 0.4) is 0 Å². The second-order valence-electron chi connectivity index (χ2n) is 8.84. The predicted octanol–water partition coefficient (Wildman–Crippen LogP) is 8.69. The van der Waals surface area contributed by atoms with Gasteiger partial charge in [-0.15, -0.1) is 0 Å². The molecule has 1 N–H and O–H groups in total. The van der Waals surface area contributed by atoms with Gasteiger partial charge in [-0.3, -0.25) is 0 Å². The molecule has 0 saturated heterocycles. The Hall–Kier alpha value is -2.29. The Kier molecular flexibility index (Phi) is 12.6. The predicted molar refractivity (Wildman–Crippen MR) is 135 cm³/mol. The normalized spacial score (nSPS) is 10.9. The number of carboxylic acid groups (broad SMARTS) is 1. The maximum Gasteiger partial charge on any atom is 0.335 e. The molecule has 0 saturated carbocycles. The lowest BCUT2D eigenvalue weighted by Gasteiger charge is -2.14. The van der Waals surface area contributed by atoms with Crippen LogP contribution in [0.4, 0.5) is 0 Å². The van der Waals surface area contributed by atoms with Crippen LogP contribution in [0.2, 0.25) is 0 Å². The monoisotopic (exact) mass is 438 g/mol. The molecule has 32 heavy (non-hydrogen) atoms. The molecule has 0 heterocycles. The number of carbonyl (C=O) groups is 1. The molecule has 0 aliphatic carbocycles. The van der Waals surface area contributed by atoms with E-state index in [1.165, 1.54) is 81.8 Å². The van der Waals surface area contributed by atoms with Gasteiger partial charge in [-0.1, -0.05) is 96.3 Å². The topological polar surface area (TPSA) is 46.5 Å². The molecule has 0 unspecified atom stereocenters. The minimum absolute atomic E-state index is 0.324. The average molecular weight is 439 g/mol. The van der Waals surface area contributed by atoms with Crippen molar-refractivity contribution in [3.05, 3.63) is 53.6 Å². The molecule has 0 radical (unpaired) electrons. The summed E-state index contributed by atoms with van der Waals surface area (Å²) in [6, 6.07) is 13.6. The highest BCUT2D eigenvalue weighted by Crippen LogP contribution is 2.29. The molecule has 2 aromatic carbocycles. The zero-order chi connectivity index (χ0) is 23.0. The van der Waals surface area contributed by atoms with E-state index in [0.717, 1.165) is 30.8 Å². The molecule has 3 heteroatoms. The highest BCUT2D eigenvalue weighted by atomic mass is 16.5. The standard InChI is InChI=1S/C29H42O3/c1-3-5-7-9-11-13-15-26-23-27(32-22-14-12-10-8-6-4-2)20-21-28(26)24-16-18-25(19-17-24)29(30)31/h16-21,23H,3-15,22H2,1-2H3,(H,30,31). The summed E-state index contributed by atoms with van der Waals surface area (Å²) in [7, 11) is 0. The van der Waals surface area contributed by atoms with Crippen molar-refractivity contribution in [1.29, 1.82) is 0 Å². The van der Waals surface area contributed by atoms with Crippen molar-refractivity contribution in [3.63, 3.8) is 0 Å². The number of aromatic carboxylic acids is 1. The summed E-state index contributed by atoms with van der Waals surface area (Å²) in [5, 5.41) is 9.19. The number of carboxylic acids is 1. The number of ether oxygens (including phenoxy) is 1. The van der Waals surface area contributed by atoms with Crippen LogP contribution < -0.4 is 4.74 Å². The Morgan fingerprint density at radius 1 is 0.750 bits per heavy atom. The number of aryl methyl sites for hydroxylation is 1. The first-order valence-corrected chi connectivity index (χ1v) is 12.7. The van der Waals surface area contributed by atoms with Gasteiger partial charge in [-0.2, -0.15) is 0 Å². The molecule has 0 aromatic heterocycles. The molecule has 0 atom stereocenters. The number of unbranched alkanes of at least 4 members (excludes halogenated alkanes) is 10. The highest BCUT2D eigenvalue weighted by molar-refractivity contribution is 5.88. The van der Waals surface area contributed by atoms with Gasteiger partial charge in [0, 0.05) is 0 Å². The van der Waals surface area contributed by atoms with E-state index >= 15 is 0 Å². The third-order valence-electron chi connectivity index (χ3n) is 6.09. The van der Waals surface area contributed by atoms with Gasteiger partial charge in [0.25, 0.3) is 0 Å². The number of hydrogen-bond acceptors (Lipinski definition) is 2. The van der Waals surface area contributed by atoms with Crippen molar-refractivity contribution in [2.45, 2.75) is 97.3 Å². The van der Waals surface area contributed by atoms with E-state index in [-0.39, 0.29) is 0 Å². The lowest BCUT2D eigenvalue weighted by molar-refractivity contribution is 0.0697.